The van der Waals surface area contributed by atoms with Crippen LogP contribution in [0.1, 0.15) is 39.1 Å². The molecule has 0 aliphatic carbocycles. The van der Waals surface area contributed by atoms with Crippen LogP contribution >= 0.6 is 0 Å². The van der Waals surface area contributed by atoms with E-state index >= 15 is 0 Å². The van der Waals surface area contributed by atoms with E-state index in [1.54, 1.807) is 31.4 Å². The van der Waals surface area contributed by atoms with Gasteiger partial charge in [-0.05, 0) is 48.7 Å². The molecule has 4 rings (SSSR count). The summed E-state index contributed by atoms with van der Waals surface area (Å²) in [6, 6.07) is 20.3. The lowest BCUT2D eigenvalue weighted by Crippen LogP contribution is -2.27. The quantitative estimate of drug-likeness (QED) is 0.519. The minimum atomic E-state index is -0.330. The lowest BCUT2D eigenvalue weighted by molar-refractivity contribution is 0.0950. The highest BCUT2D eigenvalue weighted by Crippen LogP contribution is 2.29. The van der Waals surface area contributed by atoms with Crippen LogP contribution < -0.4 is 25.0 Å². The smallest absolute Gasteiger partial charge is 0.259 e. The Balaban J connectivity index is 1.57. The molecule has 1 heterocycles. The first kappa shape index (κ1) is 23.2. The summed E-state index contributed by atoms with van der Waals surface area (Å²) in [7, 11) is 3.06. The van der Waals surface area contributed by atoms with Gasteiger partial charge in [-0.3, -0.25) is 9.59 Å². The van der Waals surface area contributed by atoms with E-state index in [-0.39, 0.29) is 11.8 Å². The molecule has 176 valence electrons. The highest BCUT2D eigenvalue weighted by Gasteiger charge is 2.21. The molecule has 0 radical (unpaired) electrons. The zero-order valence-corrected chi connectivity index (χ0v) is 19.5. The molecule has 1 aliphatic heterocycles. The van der Waals surface area contributed by atoms with Crippen LogP contribution in [0.5, 0.6) is 11.5 Å². The van der Waals surface area contributed by atoms with Gasteiger partial charge in [-0.25, -0.2) is 0 Å². The van der Waals surface area contributed by atoms with Gasteiger partial charge in [0.15, 0.2) is 0 Å². The number of hydrogen-bond acceptors (Lipinski definition) is 5. The van der Waals surface area contributed by atoms with E-state index in [0.717, 1.165) is 37.2 Å². The van der Waals surface area contributed by atoms with Crippen LogP contribution in [-0.4, -0.2) is 39.1 Å². The van der Waals surface area contributed by atoms with Gasteiger partial charge >= 0.3 is 0 Å². The largest absolute Gasteiger partial charge is 0.497 e. The lowest BCUT2D eigenvalue weighted by atomic mass is 10.1. The van der Waals surface area contributed by atoms with Crippen LogP contribution in [0.25, 0.3) is 0 Å². The summed E-state index contributed by atoms with van der Waals surface area (Å²) in [6.45, 7) is 2.25. The van der Waals surface area contributed by atoms with E-state index < -0.39 is 0 Å². The molecule has 0 spiro atoms. The summed E-state index contributed by atoms with van der Waals surface area (Å²) >= 11 is 0. The number of rotatable bonds is 8. The summed E-state index contributed by atoms with van der Waals surface area (Å²) in [5.41, 5.74) is 3.35. The molecule has 0 unspecified atom stereocenters. The van der Waals surface area contributed by atoms with Gasteiger partial charge in [0.05, 0.1) is 25.3 Å². The molecule has 1 saturated heterocycles. The number of carbonyl (C=O) groups is 2. The SMILES string of the molecule is COc1ccc(C(=O)Nc2ccc(N3CCCC3)c(C(=O)NCc3ccccc3)c2)c(OC)c1. The number of carbonyl (C=O) groups excluding carboxylic acids is 2. The van der Waals surface area contributed by atoms with Crippen LogP contribution in [-0.2, 0) is 6.54 Å². The Labute approximate surface area is 199 Å². The van der Waals surface area contributed by atoms with Gasteiger partial charge in [0.25, 0.3) is 11.8 Å². The van der Waals surface area contributed by atoms with Crippen molar-refractivity contribution in [3.63, 3.8) is 0 Å². The average Bonchev–Trinajstić information content (AvgIpc) is 3.42. The molecule has 0 saturated carbocycles. The fourth-order valence-electron chi connectivity index (χ4n) is 4.09. The Hall–Kier alpha value is -4.00. The van der Waals surface area contributed by atoms with Gasteiger partial charge in [-0.2, -0.15) is 0 Å². The Morgan fingerprint density at radius 2 is 1.62 bits per heavy atom. The predicted octanol–water partition coefficient (Wildman–Crippen LogP) is 4.49. The second-order valence-corrected chi connectivity index (χ2v) is 8.11. The summed E-state index contributed by atoms with van der Waals surface area (Å²) in [6.07, 6.45) is 2.20. The molecule has 7 nitrogen and oxygen atoms in total. The monoisotopic (exact) mass is 459 g/mol. The average molecular weight is 460 g/mol. The fraction of sp³-hybridized carbons (Fsp3) is 0.259. The first-order valence-corrected chi connectivity index (χ1v) is 11.3. The van der Waals surface area contributed by atoms with Crippen LogP contribution in [0.15, 0.2) is 66.7 Å². The number of ether oxygens (including phenoxy) is 2. The van der Waals surface area contributed by atoms with Gasteiger partial charge < -0.3 is 25.0 Å². The maximum atomic E-state index is 13.2. The molecular weight excluding hydrogens is 430 g/mol. The molecule has 2 amide bonds. The van der Waals surface area contributed by atoms with E-state index in [1.165, 1.54) is 7.11 Å². The second kappa shape index (κ2) is 10.7. The maximum absolute atomic E-state index is 13.2. The number of methoxy groups -OCH3 is 2. The van der Waals surface area contributed by atoms with E-state index in [1.807, 2.05) is 42.5 Å². The molecule has 34 heavy (non-hydrogen) atoms. The summed E-state index contributed by atoms with van der Waals surface area (Å²) in [5.74, 6) is 0.500. The van der Waals surface area contributed by atoms with E-state index in [0.29, 0.717) is 34.9 Å². The van der Waals surface area contributed by atoms with Crippen molar-refractivity contribution in [3.05, 3.63) is 83.4 Å². The molecule has 0 aromatic heterocycles. The highest BCUT2D eigenvalue weighted by molar-refractivity contribution is 6.08. The van der Waals surface area contributed by atoms with Gasteiger partial charge in [-0.1, -0.05) is 30.3 Å². The zero-order chi connectivity index (χ0) is 23.9. The molecule has 0 bridgehead atoms. The van der Waals surface area contributed by atoms with Gasteiger partial charge in [0.2, 0.25) is 0 Å². The Morgan fingerprint density at radius 3 is 2.32 bits per heavy atom. The van der Waals surface area contributed by atoms with Crippen LogP contribution in [0.3, 0.4) is 0 Å². The molecular formula is C27H29N3O4. The number of nitrogens with one attached hydrogen (secondary N) is 2. The van der Waals surface area contributed by atoms with Gasteiger partial charge in [0.1, 0.15) is 11.5 Å². The predicted molar refractivity (Wildman–Crippen MR) is 133 cm³/mol. The number of nitrogens with zero attached hydrogens (tertiary/aromatic N) is 1. The van der Waals surface area contributed by atoms with Crippen molar-refractivity contribution in [3.8, 4) is 11.5 Å². The second-order valence-electron chi connectivity index (χ2n) is 8.11. The van der Waals surface area contributed by atoms with E-state index in [2.05, 4.69) is 15.5 Å². The fourth-order valence-corrected chi connectivity index (χ4v) is 4.09. The number of anilines is 2. The van der Waals surface area contributed by atoms with E-state index in [9.17, 15) is 9.59 Å². The van der Waals surface area contributed by atoms with Gasteiger partial charge in [0, 0.05) is 37.1 Å². The molecule has 3 aromatic rings. The molecule has 1 fully saturated rings. The van der Waals surface area contributed by atoms with Crippen LogP contribution in [0.2, 0.25) is 0 Å². The van der Waals surface area contributed by atoms with Crippen molar-refractivity contribution in [1.82, 2.24) is 5.32 Å². The van der Waals surface area contributed by atoms with E-state index in [4.69, 9.17) is 9.47 Å². The number of hydrogen-bond donors (Lipinski definition) is 2. The lowest BCUT2D eigenvalue weighted by Gasteiger charge is -2.22. The zero-order valence-electron chi connectivity index (χ0n) is 19.5. The molecule has 0 atom stereocenters. The van der Waals surface area contributed by atoms with Crippen molar-refractivity contribution in [2.45, 2.75) is 19.4 Å². The summed E-state index contributed by atoms with van der Waals surface area (Å²) in [4.78, 5) is 28.4. The van der Waals surface area contributed by atoms with Crippen molar-refractivity contribution < 1.29 is 19.1 Å². The molecule has 1 aliphatic rings. The molecule has 3 aromatic carbocycles. The summed E-state index contributed by atoms with van der Waals surface area (Å²) in [5, 5.41) is 5.91. The van der Waals surface area contributed by atoms with Crippen molar-refractivity contribution >= 4 is 23.2 Å². The first-order chi connectivity index (χ1) is 16.6. The third kappa shape index (κ3) is 5.31. The first-order valence-electron chi connectivity index (χ1n) is 11.3. The van der Waals surface area contributed by atoms with Gasteiger partial charge in [-0.15, -0.1) is 0 Å². The normalized spacial score (nSPS) is 12.8. The Bertz CT molecular complexity index is 1160. The Morgan fingerprint density at radius 1 is 0.853 bits per heavy atom. The minimum absolute atomic E-state index is 0.177. The molecule has 7 heteroatoms. The van der Waals surface area contributed by atoms with Crippen molar-refractivity contribution in [2.75, 3.05) is 37.5 Å². The molecule has 2 N–H and O–H groups in total. The van der Waals surface area contributed by atoms with Crippen molar-refractivity contribution in [2.24, 2.45) is 0 Å². The Kier molecular flexibility index (Phi) is 7.32. The third-order valence-electron chi connectivity index (χ3n) is 5.90. The maximum Gasteiger partial charge on any atom is 0.259 e. The number of benzene rings is 3. The van der Waals surface area contributed by atoms with Crippen LogP contribution in [0.4, 0.5) is 11.4 Å². The minimum Gasteiger partial charge on any atom is -0.497 e. The highest BCUT2D eigenvalue weighted by atomic mass is 16.5. The van der Waals surface area contributed by atoms with Crippen LogP contribution in [0, 0.1) is 0 Å². The third-order valence-corrected chi connectivity index (χ3v) is 5.90. The van der Waals surface area contributed by atoms with Crippen molar-refractivity contribution in [1.29, 1.82) is 0 Å². The topological polar surface area (TPSA) is 79.9 Å². The standard InChI is InChI=1S/C27H29N3O4/c1-33-21-11-12-22(25(17-21)34-2)27(32)29-20-10-13-24(30-14-6-7-15-30)23(16-20)26(31)28-18-19-8-4-3-5-9-19/h3-5,8-13,16-17H,6-7,14-15,18H2,1-2H3,(H,28,31)(H,29,32). The summed E-state index contributed by atoms with van der Waals surface area (Å²) < 4.78 is 10.6. The number of amides is 2.